The first-order valence-corrected chi connectivity index (χ1v) is 8.06. The summed E-state index contributed by atoms with van der Waals surface area (Å²) in [5.41, 5.74) is 0.519. The van der Waals surface area contributed by atoms with Gasteiger partial charge in [-0.25, -0.2) is 9.59 Å². The van der Waals surface area contributed by atoms with Crippen LogP contribution in [-0.4, -0.2) is 31.3 Å². The molecule has 0 heterocycles. The second kappa shape index (κ2) is 9.49. The first kappa shape index (κ1) is 20.1. The van der Waals surface area contributed by atoms with Crippen molar-refractivity contribution in [1.29, 1.82) is 0 Å². The number of ether oxygens (including phenoxy) is 4. The summed E-state index contributed by atoms with van der Waals surface area (Å²) in [6.45, 7) is 0.0993. The molecule has 0 atom stereocenters. The molecule has 0 saturated heterocycles. The highest BCUT2D eigenvalue weighted by Gasteiger charge is 2.22. The molecule has 8 heteroatoms. The van der Waals surface area contributed by atoms with E-state index in [4.69, 9.17) is 25.8 Å². The molecule has 2 aromatic rings. The van der Waals surface area contributed by atoms with Crippen LogP contribution in [0.1, 0.15) is 15.9 Å². The summed E-state index contributed by atoms with van der Waals surface area (Å²) in [4.78, 5) is 23.5. The zero-order valence-corrected chi connectivity index (χ0v) is 15.4. The summed E-state index contributed by atoms with van der Waals surface area (Å²) < 4.78 is 20.4. The van der Waals surface area contributed by atoms with Crippen LogP contribution < -0.4 is 9.47 Å². The van der Waals surface area contributed by atoms with Gasteiger partial charge in [0.05, 0.1) is 14.2 Å². The monoisotopic (exact) mass is 392 g/mol. The largest absolute Gasteiger partial charge is 0.500 e. The maximum atomic E-state index is 11.7. The van der Waals surface area contributed by atoms with Crippen LogP contribution in [0.2, 0.25) is 5.02 Å². The minimum atomic E-state index is -1.28. The van der Waals surface area contributed by atoms with Crippen molar-refractivity contribution < 1.29 is 33.6 Å². The molecule has 7 nitrogen and oxygen atoms in total. The molecule has 0 bridgehead atoms. The molecule has 0 spiro atoms. The van der Waals surface area contributed by atoms with Gasteiger partial charge in [0.25, 0.3) is 0 Å². The molecule has 0 aromatic heterocycles. The van der Waals surface area contributed by atoms with E-state index in [1.54, 1.807) is 24.3 Å². The van der Waals surface area contributed by atoms with Gasteiger partial charge < -0.3 is 24.1 Å². The van der Waals surface area contributed by atoms with Crippen LogP contribution in [0.25, 0.3) is 0 Å². The summed E-state index contributed by atoms with van der Waals surface area (Å²) in [5.74, 6) is -2.44. The van der Waals surface area contributed by atoms with E-state index < -0.39 is 11.9 Å². The number of carbonyl (C=O) groups excluding carboxylic acids is 1. The molecular formula is C19H17ClO7. The van der Waals surface area contributed by atoms with Gasteiger partial charge in [-0.1, -0.05) is 29.8 Å². The van der Waals surface area contributed by atoms with Crippen molar-refractivity contribution in [3.63, 3.8) is 0 Å². The molecule has 0 aliphatic rings. The molecule has 27 heavy (non-hydrogen) atoms. The average molecular weight is 393 g/mol. The third kappa shape index (κ3) is 5.39. The Kier molecular flexibility index (Phi) is 7.08. The number of aromatic carboxylic acids is 1. The van der Waals surface area contributed by atoms with E-state index in [2.05, 4.69) is 4.74 Å². The van der Waals surface area contributed by atoms with Crippen LogP contribution in [0, 0.1) is 0 Å². The minimum Gasteiger partial charge on any atom is -0.500 e. The van der Waals surface area contributed by atoms with E-state index in [1.807, 2.05) is 0 Å². The number of carboxylic acid groups (broad SMARTS) is 1. The molecule has 0 aliphatic heterocycles. The SMILES string of the molecule is CO/C=C(/Oc1cccc(OCc2cccc(Cl)c2)c1C(=O)O)C(=O)OC. The number of esters is 1. The van der Waals surface area contributed by atoms with Crippen molar-refractivity contribution in [3.8, 4) is 11.5 Å². The smallest absolute Gasteiger partial charge is 0.377 e. The number of benzene rings is 2. The summed E-state index contributed by atoms with van der Waals surface area (Å²) in [6, 6.07) is 11.4. The van der Waals surface area contributed by atoms with Gasteiger partial charge in [-0.3, -0.25) is 0 Å². The second-order valence-electron chi connectivity index (χ2n) is 5.16. The molecule has 2 aromatic carbocycles. The molecule has 0 unspecified atom stereocenters. The number of halogens is 1. The second-order valence-corrected chi connectivity index (χ2v) is 5.60. The molecule has 2 rings (SSSR count). The van der Waals surface area contributed by atoms with Gasteiger partial charge in [-0.15, -0.1) is 0 Å². The standard InChI is InChI=1S/C19H17ClO7/c1-24-11-16(19(23)25-2)27-15-8-4-7-14(17(15)18(21)22)26-10-12-5-3-6-13(20)9-12/h3-9,11H,10H2,1-2H3,(H,21,22)/b16-11+. The van der Waals surface area contributed by atoms with Crippen LogP contribution in [0.3, 0.4) is 0 Å². The zero-order chi connectivity index (χ0) is 19.8. The van der Waals surface area contributed by atoms with Crippen LogP contribution in [0.15, 0.2) is 54.5 Å². The maximum absolute atomic E-state index is 11.7. The van der Waals surface area contributed by atoms with Crippen LogP contribution >= 0.6 is 11.6 Å². The van der Waals surface area contributed by atoms with Crippen molar-refractivity contribution in [1.82, 2.24) is 0 Å². The molecule has 0 amide bonds. The first-order valence-electron chi connectivity index (χ1n) is 7.69. The Labute approximate surface area is 160 Å². The van der Waals surface area contributed by atoms with Gasteiger partial charge in [0.1, 0.15) is 29.9 Å². The van der Waals surface area contributed by atoms with Gasteiger partial charge in [-0.2, -0.15) is 0 Å². The Balaban J connectivity index is 2.31. The van der Waals surface area contributed by atoms with Crippen LogP contribution in [-0.2, 0) is 20.9 Å². The summed E-state index contributed by atoms with van der Waals surface area (Å²) in [5, 5.41) is 10.1. The highest BCUT2D eigenvalue weighted by atomic mass is 35.5. The van der Waals surface area contributed by atoms with E-state index in [0.717, 1.165) is 18.9 Å². The number of hydrogen-bond donors (Lipinski definition) is 1. The fourth-order valence-corrected chi connectivity index (χ4v) is 2.37. The molecule has 0 saturated carbocycles. The Hall–Kier alpha value is -3.19. The van der Waals surface area contributed by atoms with Crippen molar-refractivity contribution >= 4 is 23.5 Å². The van der Waals surface area contributed by atoms with E-state index in [0.29, 0.717) is 5.02 Å². The quantitative estimate of drug-likeness (QED) is 0.416. The van der Waals surface area contributed by atoms with Crippen LogP contribution in [0.4, 0.5) is 0 Å². The van der Waals surface area contributed by atoms with Gasteiger partial charge >= 0.3 is 11.9 Å². The number of hydrogen-bond acceptors (Lipinski definition) is 6. The Morgan fingerprint density at radius 2 is 1.81 bits per heavy atom. The van der Waals surface area contributed by atoms with E-state index >= 15 is 0 Å². The highest BCUT2D eigenvalue weighted by molar-refractivity contribution is 6.30. The molecule has 0 aliphatic carbocycles. The number of methoxy groups -OCH3 is 2. The van der Waals surface area contributed by atoms with E-state index in [9.17, 15) is 14.7 Å². The molecule has 1 N–H and O–H groups in total. The molecule has 142 valence electrons. The molecule has 0 fully saturated rings. The third-order valence-corrected chi connectivity index (χ3v) is 3.55. The summed E-state index contributed by atoms with van der Waals surface area (Å²) >= 11 is 5.93. The highest BCUT2D eigenvalue weighted by Crippen LogP contribution is 2.31. The van der Waals surface area contributed by atoms with E-state index in [-0.39, 0.29) is 29.4 Å². The van der Waals surface area contributed by atoms with Crippen molar-refractivity contribution in [2.45, 2.75) is 6.61 Å². The molecule has 0 radical (unpaired) electrons. The fraction of sp³-hybridized carbons (Fsp3) is 0.158. The van der Waals surface area contributed by atoms with Gasteiger partial charge in [0, 0.05) is 5.02 Å². The predicted octanol–water partition coefficient (Wildman–Crippen LogP) is 3.66. The number of rotatable bonds is 8. The van der Waals surface area contributed by atoms with E-state index in [1.165, 1.54) is 25.3 Å². The Morgan fingerprint density at radius 1 is 1.11 bits per heavy atom. The predicted molar refractivity (Wildman–Crippen MR) is 96.9 cm³/mol. The zero-order valence-electron chi connectivity index (χ0n) is 14.6. The average Bonchev–Trinajstić information content (AvgIpc) is 2.65. The maximum Gasteiger partial charge on any atom is 0.377 e. The summed E-state index contributed by atoms with van der Waals surface area (Å²) in [7, 11) is 2.48. The summed E-state index contributed by atoms with van der Waals surface area (Å²) in [6.07, 6.45) is 1.01. The number of carboxylic acids is 1. The topological polar surface area (TPSA) is 91.3 Å². The van der Waals surface area contributed by atoms with Gasteiger partial charge in [0.15, 0.2) is 0 Å². The van der Waals surface area contributed by atoms with Crippen molar-refractivity contribution in [2.75, 3.05) is 14.2 Å². The third-order valence-electron chi connectivity index (χ3n) is 3.32. The minimum absolute atomic E-state index is 0.0709. The Morgan fingerprint density at radius 3 is 2.44 bits per heavy atom. The molecular weight excluding hydrogens is 376 g/mol. The van der Waals surface area contributed by atoms with Crippen molar-refractivity contribution in [3.05, 3.63) is 70.6 Å². The van der Waals surface area contributed by atoms with Gasteiger partial charge in [0.2, 0.25) is 5.76 Å². The lowest BCUT2D eigenvalue weighted by molar-refractivity contribution is -0.138. The number of carbonyl (C=O) groups is 2. The lowest BCUT2D eigenvalue weighted by Gasteiger charge is -2.14. The Bertz CT molecular complexity index is 861. The lowest BCUT2D eigenvalue weighted by atomic mass is 10.1. The first-order chi connectivity index (χ1) is 13.0. The normalized spacial score (nSPS) is 10.9. The lowest BCUT2D eigenvalue weighted by Crippen LogP contribution is -2.13. The van der Waals surface area contributed by atoms with Crippen LogP contribution in [0.5, 0.6) is 11.5 Å². The van der Waals surface area contributed by atoms with Crippen molar-refractivity contribution in [2.24, 2.45) is 0 Å². The van der Waals surface area contributed by atoms with Gasteiger partial charge in [-0.05, 0) is 29.8 Å². The fourth-order valence-electron chi connectivity index (χ4n) is 2.15.